The van der Waals surface area contributed by atoms with Gasteiger partial charge in [-0.3, -0.25) is 0 Å². The average molecular weight is 618 g/mol. The van der Waals surface area contributed by atoms with E-state index in [2.05, 4.69) is 137 Å². The van der Waals surface area contributed by atoms with Crippen molar-refractivity contribution in [3.63, 3.8) is 0 Å². The van der Waals surface area contributed by atoms with E-state index >= 15 is 0 Å². The Bertz CT molecular complexity index is 2700. The summed E-state index contributed by atoms with van der Waals surface area (Å²) in [5.41, 5.74) is 11.4. The minimum atomic E-state index is 0.103. The summed E-state index contributed by atoms with van der Waals surface area (Å²) < 4.78 is 14.8. The van der Waals surface area contributed by atoms with Gasteiger partial charge in [-0.2, -0.15) is 0 Å². The Morgan fingerprint density at radius 3 is 1.71 bits per heavy atom. The summed E-state index contributed by atoms with van der Waals surface area (Å²) in [5, 5.41) is 4.48. The van der Waals surface area contributed by atoms with E-state index in [1.165, 1.54) is 0 Å². The van der Waals surface area contributed by atoms with Crippen molar-refractivity contribution in [2.45, 2.75) is 12.1 Å². The third-order valence-corrected chi connectivity index (χ3v) is 10.1. The van der Waals surface area contributed by atoms with Crippen molar-refractivity contribution in [1.29, 1.82) is 0 Å². The highest BCUT2D eigenvalue weighted by Gasteiger charge is 2.40. The van der Waals surface area contributed by atoms with Gasteiger partial charge in [-0.05, 0) is 89.0 Å². The first-order valence-electron chi connectivity index (χ1n) is 16.4. The molecular weight excluding hydrogens is 590 g/mol. The van der Waals surface area contributed by atoms with Crippen molar-refractivity contribution in [1.82, 2.24) is 9.55 Å². The molecule has 5 heteroatoms. The van der Waals surface area contributed by atoms with Crippen LogP contribution in [0.3, 0.4) is 0 Å². The maximum Gasteiger partial charge on any atom is 0.212 e. The second-order valence-electron chi connectivity index (χ2n) is 12.8. The van der Waals surface area contributed by atoms with Gasteiger partial charge in [-0.15, -0.1) is 0 Å². The van der Waals surface area contributed by atoms with Crippen LogP contribution in [0.2, 0.25) is 0 Å². The standard InChI is InChI=1S/C43H27N3O2/c1-7-15-39-31(9-1)33-24-26(17-19-41(33)47-39)28-21-29(27-18-20-42-34(25-27)32-10-2-8-16-40(32)48-42)23-30(22-28)45-37-13-5-6-14-38(37)46-36-12-4-3-11-35(36)44-43(45)46/h1-25,37-38H. The van der Waals surface area contributed by atoms with Crippen molar-refractivity contribution in [2.75, 3.05) is 4.90 Å². The summed E-state index contributed by atoms with van der Waals surface area (Å²) in [6, 6.07) is 45.2. The van der Waals surface area contributed by atoms with Crippen molar-refractivity contribution >= 4 is 66.5 Å². The van der Waals surface area contributed by atoms with Gasteiger partial charge in [-0.1, -0.05) is 85.0 Å². The van der Waals surface area contributed by atoms with Crippen LogP contribution < -0.4 is 4.90 Å². The summed E-state index contributed by atoms with van der Waals surface area (Å²) in [6.45, 7) is 0. The van der Waals surface area contributed by atoms with E-state index in [-0.39, 0.29) is 12.1 Å². The maximum absolute atomic E-state index is 6.19. The number of fused-ring (bicyclic) bond motifs is 11. The minimum absolute atomic E-state index is 0.103. The normalized spacial score (nSPS) is 17.0. The third-order valence-electron chi connectivity index (χ3n) is 10.1. The molecule has 0 saturated carbocycles. The number of rotatable bonds is 3. The van der Waals surface area contributed by atoms with E-state index in [1.807, 2.05) is 24.3 Å². The molecule has 6 aromatic carbocycles. The van der Waals surface area contributed by atoms with Crippen LogP contribution in [0.15, 0.2) is 161 Å². The zero-order chi connectivity index (χ0) is 31.3. The van der Waals surface area contributed by atoms with Gasteiger partial charge in [0.15, 0.2) is 0 Å². The lowest BCUT2D eigenvalue weighted by Gasteiger charge is -2.27. The number of furan rings is 2. The first-order valence-corrected chi connectivity index (χ1v) is 16.4. The zero-order valence-electron chi connectivity index (χ0n) is 25.7. The van der Waals surface area contributed by atoms with Crippen LogP contribution in [0, 0.1) is 0 Å². The van der Waals surface area contributed by atoms with Gasteiger partial charge >= 0.3 is 0 Å². The smallest absolute Gasteiger partial charge is 0.212 e. The Balaban J connectivity index is 1.16. The first kappa shape index (κ1) is 25.8. The summed E-state index contributed by atoms with van der Waals surface area (Å²) in [7, 11) is 0. The van der Waals surface area contributed by atoms with Gasteiger partial charge in [-0.25, -0.2) is 4.98 Å². The molecule has 0 saturated heterocycles. The number of allylic oxidation sites excluding steroid dienone is 2. The quantitative estimate of drug-likeness (QED) is 0.198. The van der Waals surface area contributed by atoms with Gasteiger partial charge in [0, 0.05) is 27.2 Å². The molecule has 9 aromatic rings. The van der Waals surface area contributed by atoms with E-state index in [0.717, 1.165) is 88.8 Å². The first-order chi connectivity index (χ1) is 23.8. The van der Waals surface area contributed by atoms with E-state index in [1.54, 1.807) is 0 Å². The summed E-state index contributed by atoms with van der Waals surface area (Å²) in [6.07, 6.45) is 8.90. The lowest BCUT2D eigenvalue weighted by molar-refractivity contribution is 0.624. The van der Waals surface area contributed by atoms with Crippen molar-refractivity contribution in [2.24, 2.45) is 0 Å². The molecule has 48 heavy (non-hydrogen) atoms. The highest BCUT2D eigenvalue weighted by Crippen LogP contribution is 2.47. The third kappa shape index (κ3) is 3.64. The number of para-hydroxylation sites is 4. The van der Waals surface area contributed by atoms with Crippen LogP contribution in [0.5, 0.6) is 0 Å². The van der Waals surface area contributed by atoms with E-state index in [4.69, 9.17) is 13.8 Å². The van der Waals surface area contributed by atoms with Gasteiger partial charge in [0.25, 0.3) is 0 Å². The molecule has 5 nitrogen and oxygen atoms in total. The average Bonchev–Trinajstić information content (AvgIpc) is 3.89. The van der Waals surface area contributed by atoms with Gasteiger partial charge in [0.1, 0.15) is 22.3 Å². The second kappa shape index (κ2) is 9.60. The molecule has 0 bridgehead atoms. The Hall–Kier alpha value is -6.33. The molecule has 2 unspecified atom stereocenters. The van der Waals surface area contributed by atoms with Crippen LogP contribution in [0.1, 0.15) is 6.04 Å². The maximum atomic E-state index is 6.19. The topological polar surface area (TPSA) is 47.3 Å². The van der Waals surface area contributed by atoms with Crippen LogP contribution in [0.25, 0.3) is 77.2 Å². The van der Waals surface area contributed by atoms with Crippen LogP contribution in [0.4, 0.5) is 11.6 Å². The van der Waals surface area contributed by atoms with Crippen LogP contribution in [-0.2, 0) is 0 Å². The Kier molecular flexibility index (Phi) is 5.16. The fraction of sp³-hybridized carbons (Fsp3) is 0.0465. The van der Waals surface area contributed by atoms with Gasteiger partial charge in [0.2, 0.25) is 5.95 Å². The Labute approximate surface area is 275 Å². The van der Waals surface area contributed by atoms with E-state index < -0.39 is 0 Å². The molecule has 2 atom stereocenters. The number of benzene rings is 6. The predicted octanol–water partition coefficient (Wildman–Crippen LogP) is 11.4. The minimum Gasteiger partial charge on any atom is -0.456 e. The summed E-state index contributed by atoms with van der Waals surface area (Å²) in [4.78, 5) is 7.62. The van der Waals surface area contributed by atoms with Crippen molar-refractivity contribution in [3.8, 4) is 22.3 Å². The number of anilines is 2. The predicted molar refractivity (Wildman–Crippen MR) is 195 cm³/mol. The number of imidazole rings is 1. The largest absolute Gasteiger partial charge is 0.456 e. The molecule has 11 rings (SSSR count). The van der Waals surface area contributed by atoms with Gasteiger partial charge in [0.05, 0.1) is 23.1 Å². The zero-order valence-corrected chi connectivity index (χ0v) is 25.7. The molecule has 0 N–H and O–H groups in total. The monoisotopic (exact) mass is 617 g/mol. The highest BCUT2D eigenvalue weighted by atomic mass is 16.3. The highest BCUT2D eigenvalue weighted by molar-refractivity contribution is 6.07. The second-order valence-corrected chi connectivity index (χ2v) is 12.8. The Morgan fingerprint density at radius 1 is 0.479 bits per heavy atom. The van der Waals surface area contributed by atoms with Crippen LogP contribution >= 0.6 is 0 Å². The van der Waals surface area contributed by atoms with Crippen molar-refractivity contribution in [3.05, 3.63) is 152 Å². The summed E-state index contributed by atoms with van der Waals surface area (Å²) >= 11 is 0. The fourth-order valence-corrected chi connectivity index (χ4v) is 7.87. The Morgan fingerprint density at radius 2 is 1.04 bits per heavy atom. The molecule has 2 aliphatic rings. The molecule has 0 radical (unpaired) electrons. The van der Waals surface area contributed by atoms with E-state index in [0.29, 0.717) is 0 Å². The van der Waals surface area contributed by atoms with Crippen molar-refractivity contribution < 1.29 is 8.83 Å². The SMILES string of the molecule is C1=CC2C(C=C1)n1c(nc3ccccc31)N2c1cc(-c2ccc3oc4ccccc4c3c2)cc(-c2ccc3oc4ccccc4c3c2)c1. The lowest BCUT2D eigenvalue weighted by atomic mass is 9.95. The molecule has 1 aliphatic carbocycles. The molecule has 226 valence electrons. The van der Waals surface area contributed by atoms with Crippen LogP contribution in [-0.4, -0.2) is 15.6 Å². The fourth-order valence-electron chi connectivity index (χ4n) is 7.87. The molecule has 0 spiro atoms. The molecule has 4 heterocycles. The molecule has 0 fully saturated rings. The molecule has 3 aromatic heterocycles. The number of hydrogen-bond donors (Lipinski definition) is 0. The number of hydrogen-bond acceptors (Lipinski definition) is 4. The molecule has 1 aliphatic heterocycles. The lowest BCUT2D eigenvalue weighted by Crippen LogP contribution is -2.29. The summed E-state index contributed by atoms with van der Waals surface area (Å²) in [5.74, 6) is 0.957. The number of aromatic nitrogens is 2. The molecule has 0 amide bonds. The molecular formula is C43H27N3O2. The van der Waals surface area contributed by atoms with E-state index in [9.17, 15) is 0 Å². The van der Waals surface area contributed by atoms with Gasteiger partial charge < -0.3 is 18.3 Å². The number of nitrogens with zero attached hydrogens (tertiary/aromatic N) is 3.